The second kappa shape index (κ2) is 20.2. The third-order valence-corrected chi connectivity index (χ3v) is 16.6. The molecular formula is C32H38F2N15O23P4-3. The number of phosphoric ester groups is 3. The molecule has 9 rings (SSSR count). The average molecular weight is 1160 g/mol. The highest BCUT2D eigenvalue weighted by molar-refractivity contribution is 7.65. The second-order valence-electron chi connectivity index (χ2n) is 16.5. The van der Waals surface area contributed by atoms with E-state index in [-0.39, 0.29) is 39.6 Å². The minimum atomic E-state index is -6.70. The molecule has 76 heavy (non-hydrogen) atoms. The Hall–Kier alpha value is -5.25. The van der Waals surface area contributed by atoms with Gasteiger partial charge in [0.15, 0.2) is 47.5 Å². The average Bonchev–Trinajstić information content (AvgIpc) is 4.16. The number of nitrogen functional groups attached to an aromatic ring is 3. The predicted molar refractivity (Wildman–Crippen MR) is 229 cm³/mol. The molecule has 0 spiro atoms. The van der Waals surface area contributed by atoms with Gasteiger partial charge in [-0.05, 0) is 0 Å². The number of ether oxygens (including phenoxy) is 4. The number of phosphoric acid groups is 4. The first kappa shape index (κ1) is 55.5. The van der Waals surface area contributed by atoms with Gasteiger partial charge >= 0.3 is 11.6 Å². The van der Waals surface area contributed by atoms with E-state index in [0.717, 1.165) is 46.1 Å². The van der Waals surface area contributed by atoms with E-state index in [1.54, 1.807) is 0 Å². The van der Waals surface area contributed by atoms with Crippen LogP contribution in [-0.4, -0.2) is 151 Å². The number of aromatic nitrogens is 12. The van der Waals surface area contributed by atoms with Crippen LogP contribution in [0.5, 0.6) is 0 Å². The highest BCUT2D eigenvalue weighted by Gasteiger charge is 2.62. The van der Waals surface area contributed by atoms with Crippen LogP contribution in [0.4, 0.5) is 26.5 Å². The molecule has 416 valence electrons. The summed E-state index contributed by atoms with van der Waals surface area (Å²) < 4.78 is 135. The highest BCUT2D eigenvalue weighted by Crippen LogP contribution is 2.63. The number of aryl methyl sites for hydroxylation is 1. The van der Waals surface area contributed by atoms with Crippen molar-refractivity contribution in [2.45, 2.75) is 73.4 Å². The van der Waals surface area contributed by atoms with Crippen molar-refractivity contribution in [1.82, 2.24) is 53.6 Å². The van der Waals surface area contributed by atoms with Crippen LogP contribution < -0.4 is 52.5 Å². The molecule has 15 atom stereocenters. The van der Waals surface area contributed by atoms with Crippen LogP contribution in [0.2, 0.25) is 0 Å². The number of aliphatic hydroxyl groups is 3. The van der Waals surface area contributed by atoms with E-state index in [1.165, 1.54) is 7.05 Å². The summed E-state index contributed by atoms with van der Waals surface area (Å²) >= 11 is 0. The molecule has 15 unspecified atom stereocenters. The van der Waals surface area contributed by atoms with Gasteiger partial charge in [0.05, 0.1) is 39.5 Å². The molecule has 0 bridgehead atoms. The first-order chi connectivity index (χ1) is 35.5. The summed E-state index contributed by atoms with van der Waals surface area (Å²) in [7, 11) is -23.0. The highest BCUT2D eigenvalue weighted by atomic mass is 31.3. The molecule has 6 aromatic rings. The number of anilines is 3. The van der Waals surface area contributed by atoms with Gasteiger partial charge in [0.1, 0.15) is 54.6 Å². The molecule has 11 N–H and O–H groups in total. The molecule has 38 nitrogen and oxygen atoms in total. The van der Waals surface area contributed by atoms with E-state index in [2.05, 4.69) is 57.5 Å². The number of alkyl halides is 2. The van der Waals surface area contributed by atoms with Gasteiger partial charge in [0.2, 0.25) is 11.5 Å². The van der Waals surface area contributed by atoms with Crippen LogP contribution >= 0.6 is 31.3 Å². The predicted octanol–water partition coefficient (Wildman–Crippen LogP) is -5.96. The molecule has 44 heteroatoms. The minimum absolute atomic E-state index is 0.0130. The smallest absolute Gasteiger partial charge is 0.333 e. The minimum Gasteiger partial charge on any atom is -0.756 e. The number of aromatic amines is 2. The molecule has 9 heterocycles. The molecule has 0 saturated carbocycles. The fourth-order valence-corrected chi connectivity index (χ4v) is 12.6. The van der Waals surface area contributed by atoms with Crippen molar-refractivity contribution in [2.75, 3.05) is 44.1 Å². The lowest BCUT2D eigenvalue weighted by Crippen LogP contribution is -2.50. The summed E-state index contributed by atoms with van der Waals surface area (Å²) in [5.41, 5.74) is 14.2. The molecule has 3 fully saturated rings. The Balaban J connectivity index is 0.867. The number of nitrogens with zero attached hydrogens (tertiary/aromatic N) is 10. The van der Waals surface area contributed by atoms with E-state index in [1.807, 2.05) is 0 Å². The molecule has 0 amide bonds. The Morgan fingerprint density at radius 1 is 0.737 bits per heavy atom. The van der Waals surface area contributed by atoms with Crippen molar-refractivity contribution in [3.05, 3.63) is 46.0 Å². The number of nitrogens with two attached hydrogens (primary N) is 3. The van der Waals surface area contributed by atoms with Crippen LogP contribution in [0.3, 0.4) is 0 Å². The summed E-state index contributed by atoms with van der Waals surface area (Å²) in [6, 6.07) is 0. The van der Waals surface area contributed by atoms with E-state index >= 15 is 8.78 Å². The number of methoxy groups -OCH3 is 1. The normalized spacial score (nSPS) is 30.0. The summed E-state index contributed by atoms with van der Waals surface area (Å²) in [6.45, 7) is -4.14. The van der Waals surface area contributed by atoms with Crippen molar-refractivity contribution in [1.29, 1.82) is 0 Å². The first-order valence-electron chi connectivity index (χ1n) is 21.1. The summed E-state index contributed by atoms with van der Waals surface area (Å²) in [4.78, 5) is 104. The summed E-state index contributed by atoms with van der Waals surface area (Å²) in [5.74, 6) is -5.27. The Bertz CT molecular complexity index is 3530. The van der Waals surface area contributed by atoms with Crippen LogP contribution in [0, 0.1) is 0 Å². The van der Waals surface area contributed by atoms with Crippen LogP contribution in [0.25, 0.3) is 33.5 Å². The largest absolute Gasteiger partial charge is 0.756 e. The Kier molecular flexibility index (Phi) is 14.8. The molecule has 0 aromatic carbocycles. The van der Waals surface area contributed by atoms with Gasteiger partial charge in [0.25, 0.3) is 54.6 Å². The SMILES string of the molecule is COC1C(OP(=O)([O-])OCC2OC(n3cnc4c(=O)[nH]c(N)nc43)C(O)C2O)C(COP(=O)([O-])OP(=O)([O-])OP(=O)([O-])OCC2OC([n+]3cn(C)c4c(=O)[nH]c(N)nc43)C(F)(F)C2O)OC1n1cnc2c(N)ncnc21. The number of imidazole rings is 3. The van der Waals surface area contributed by atoms with Crippen LogP contribution in [0.1, 0.15) is 18.7 Å². The quantitative estimate of drug-likeness (QED) is 0.0276. The van der Waals surface area contributed by atoms with Crippen LogP contribution in [0.15, 0.2) is 34.9 Å². The van der Waals surface area contributed by atoms with Crippen molar-refractivity contribution in [3.63, 3.8) is 0 Å². The summed E-state index contributed by atoms with van der Waals surface area (Å²) in [6.07, 6.45) is -17.9. The Morgan fingerprint density at radius 3 is 1.99 bits per heavy atom. The zero-order chi connectivity index (χ0) is 55.2. The number of nitrogens with one attached hydrogen (secondary N) is 2. The molecule has 3 aliphatic rings. The zero-order valence-electron chi connectivity index (χ0n) is 38.0. The van der Waals surface area contributed by atoms with Crippen molar-refractivity contribution in [2.24, 2.45) is 7.05 Å². The van der Waals surface area contributed by atoms with Gasteiger partial charge in [-0.25, -0.2) is 28.6 Å². The van der Waals surface area contributed by atoms with Gasteiger partial charge < -0.3 is 89.1 Å². The number of hydrogen-bond acceptors (Lipinski definition) is 32. The standard InChI is InChI=1S/C32H41F2N15O23P4/c1-46-9-49(24-15(46)26(54)45-31(37)43-24)29-32(33,34)20(52)12(69-29)5-66-75(59,60)72-76(61,62)71-74(57,58)65-4-11-18(19(63-2)28(68-11)47-7-40-13-21(35)38-6-39-22(13)47)70-73(55,56)64-3-10-16(50)17(51)27(67-10)48-8-41-14-23(48)42-30(36)44-25(14)53/h6-12,16-20,27-29,50-52H,3-5H2,1-2H3,(H11-,35,36,37,38,39,42,43,44,45,53,54,55,56,57,58,59,60,61,62)/p-3. The number of hydrogen-bond donors (Lipinski definition) is 8. The summed E-state index contributed by atoms with van der Waals surface area (Å²) in [5, 5.41) is 32.0. The number of fused-ring (bicyclic) bond motifs is 3. The maximum Gasteiger partial charge on any atom is 0.333 e. The lowest BCUT2D eigenvalue weighted by Gasteiger charge is -2.35. The van der Waals surface area contributed by atoms with E-state index in [0.29, 0.717) is 4.57 Å². The molecule has 3 saturated heterocycles. The third kappa shape index (κ3) is 10.7. The fraction of sp³-hybridized carbons (Fsp3) is 0.531. The van der Waals surface area contributed by atoms with Gasteiger partial charge in [-0.15, -0.1) is 0 Å². The zero-order valence-corrected chi connectivity index (χ0v) is 41.6. The van der Waals surface area contributed by atoms with Crippen molar-refractivity contribution < 1.29 is 112 Å². The third-order valence-electron chi connectivity index (χ3n) is 11.5. The molecule has 6 aromatic heterocycles. The number of aliphatic hydroxyl groups excluding tert-OH is 3. The molecular weight excluding hydrogens is 1120 g/mol. The van der Waals surface area contributed by atoms with Crippen molar-refractivity contribution >= 4 is 82.5 Å². The monoisotopic (exact) mass is 1160 g/mol. The van der Waals surface area contributed by atoms with E-state index in [9.17, 15) is 62.7 Å². The first-order valence-corrected chi connectivity index (χ1v) is 27.0. The number of rotatable bonds is 19. The molecule has 0 aliphatic carbocycles. The van der Waals surface area contributed by atoms with E-state index < -0.39 is 147 Å². The van der Waals surface area contributed by atoms with Gasteiger partial charge in [0, 0.05) is 7.11 Å². The maximum atomic E-state index is 15.4. The molecule has 0 radical (unpaired) electrons. The Labute approximate surface area is 418 Å². The van der Waals surface area contributed by atoms with E-state index in [4.69, 9.17) is 45.2 Å². The van der Waals surface area contributed by atoms with Crippen LogP contribution in [-0.2, 0) is 71.0 Å². The maximum absolute atomic E-state index is 15.4. The second-order valence-corrected chi connectivity index (χ2v) is 22.4. The molecule has 3 aliphatic heterocycles. The van der Waals surface area contributed by atoms with Gasteiger partial charge in [-0.2, -0.15) is 18.3 Å². The number of H-pyrrole nitrogens is 2. The Morgan fingerprint density at radius 2 is 1.32 bits per heavy atom. The van der Waals surface area contributed by atoms with Gasteiger partial charge in [-0.1, -0.05) is 4.98 Å². The number of halogens is 2. The fourth-order valence-electron chi connectivity index (χ4n) is 8.25. The lowest BCUT2D eigenvalue weighted by atomic mass is 10.1. The lowest BCUT2D eigenvalue weighted by molar-refractivity contribution is -0.756. The van der Waals surface area contributed by atoms with Gasteiger partial charge in [-0.3, -0.25) is 51.5 Å². The van der Waals surface area contributed by atoms with Crippen molar-refractivity contribution in [3.8, 4) is 0 Å². The topological polar surface area (TPSA) is 553 Å².